The fraction of sp³-hybridized carbons (Fsp3) is 0.273. The summed E-state index contributed by atoms with van der Waals surface area (Å²) in [5, 5.41) is 3.04. The third-order valence-corrected chi connectivity index (χ3v) is 5.26. The molecule has 1 aliphatic heterocycles. The van der Waals surface area contributed by atoms with E-state index in [1.807, 2.05) is 36.4 Å². The van der Waals surface area contributed by atoms with Gasteiger partial charge in [-0.2, -0.15) is 0 Å². The van der Waals surface area contributed by atoms with Crippen LogP contribution in [-0.2, 0) is 11.3 Å². The summed E-state index contributed by atoms with van der Waals surface area (Å²) in [4.78, 5) is 43.2. The first-order valence-corrected chi connectivity index (χ1v) is 9.70. The number of fused-ring (bicyclic) bond motifs is 1. The van der Waals surface area contributed by atoms with Crippen LogP contribution >= 0.6 is 0 Å². The molecule has 148 valence electrons. The average molecular weight is 390 g/mol. The summed E-state index contributed by atoms with van der Waals surface area (Å²) in [5.74, 6) is -0.193. The zero-order valence-corrected chi connectivity index (χ0v) is 16.0. The van der Waals surface area contributed by atoms with Crippen LogP contribution in [0.4, 0.5) is 0 Å². The highest BCUT2D eigenvalue weighted by molar-refractivity contribution is 5.94. The quantitative estimate of drug-likeness (QED) is 0.737. The van der Waals surface area contributed by atoms with Crippen molar-refractivity contribution >= 4 is 22.8 Å². The molecular weight excluding hydrogens is 368 g/mol. The molecule has 0 saturated carbocycles. The van der Waals surface area contributed by atoms with Gasteiger partial charge in [-0.25, -0.2) is 4.98 Å². The van der Waals surface area contributed by atoms with Crippen LogP contribution < -0.4 is 10.9 Å². The van der Waals surface area contributed by atoms with E-state index in [1.54, 1.807) is 23.1 Å². The number of amides is 2. The Balaban J connectivity index is 1.37. The minimum absolute atomic E-state index is 0.0110. The molecule has 7 nitrogen and oxygen atoms in total. The van der Waals surface area contributed by atoms with E-state index in [4.69, 9.17) is 0 Å². The maximum atomic E-state index is 12.8. The van der Waals surface area contributed by atoms with Gasteiger partial charge in [-0.1, -0.05) is 30.3 Å². The molecular formula is C22H22N4O3. The molecule has 1 saturated heterocycles. The first kappa shape index (κ1) is 18.9. The van der Waals surface area contributed by atoms with Gasteiger partial charge in [-0.15, -0.1) is 0 Å². The standard InChI is InChI=1S/C22H22N4O3/c27-20-14-23-18-8-4-5-9-19(18)26(20)15-21(28)25-12-10-17(11-13-25)24-22(29)16-6-2-1-3-7-16/h1-9,14,17H,10-13,15H2,(H,24,29). The number of piperidine rings is 1. The zero-order valence-electron chi connectivity index (χ0n) is 16.0. The normalized spacial score (nSPS) is 14.7. The third kappa shape index (κ3) is 4.18. The number of aromatic nitrogens is 2. The minimum atomic E-state index is -0.290. The van der Waals surface area contributed by atoms with E-state index in [0.717, 1.165) is 0 Å². The van der Waals surface area contributed by atoms with E-state index >= 15 is 0 Å². The number of likely N-dealkylation sites (tertiary alicyclic amines) is 1. The highest BCUT2D eigenvalue weighted by Crippen LogP contribution is 2.13. The lowest BCUT2D eigenvalue weighted by Crippen LogP contribution is -2.47. The lowest BCUT2D eigenvalue weighted by atomic mass is 10.0. The minimum Gasteiger partial charge on any atom is -0.349 e. The number of benzene rings is 2. The van der Waals surface area contributed by atoms with Crippen LogP contribution in [0.5, 0.6) is 0 Å². The van der Waals surface area contributed by atoms with Crippen molar-refractivity contribution < 1.29 is 9.59 Å². The largest absolute Gasteiger partial charge is 0.349 e. The van der Waals surface area contributed by atoms with Gasteiger partial charge < -0.3 is 10.2 Å². The molecule has 2 amide bonds. The van der Waals surface area contributed by atoms with E-state index in [-0.39, 0.29) is 30.0 Å². The highest BCUT2D eigenvalue weighted by atomic mass is 16.2. The molecule has 2 aromatic carbocycles. The number of rotatable bonds is 4. The number of nitrogens with one attached hydrogen (secondary N) is 1. The van der Waals surface area contributed by atoms with Crippen molar-refractivity contribution in [1.82, 2.24) is 19.8 Å². The Kier molecular flexibility index (Phi) is 5.37. The summed E-state index contributed by atoms with van der Waals surface area (Å²) in [6.45, 7) is 1.09. The summed E-state index contributed by atoms with van der Waals surface area (Å²) in [7, 11) is 0. The second-order valence-electron chi connectivity index (χ2n) is 7.17. The number of nitrogens with zero attached hydrogens (tertiary/aromatic N) is 3. The summed E-state index contributed by atoms with van der Waals surface area (Å²) < 4.78 is 1.47. The van der Waals surface area contributed by atoms with Gasteiger partial charge in [0.15, 0.2) is 0 Å². The molecule has 0 radical (unpaired) electrons. The van der Waals surface area contributed by atoms with Crippen LogP contribution in [0.25, 0.3) is 11.0 Å². The van der Waals surface area contributed by atoms with E-state index in [1.165, 1.54) is 10.8 Å². The smallest absolute Gasteiger partial charge is 0.269 e. The second-order valence-corrected chi connectivity index (χ2v) is 7.17. The number of hydrogen-bond donors (Lipinski definition) is 1. The molecule has 4 rings (SSSR count). The van der Waals surface area contributed by atoms with Crippen molar-refractivity contribution in [3.63, 3.8) is 0 Å². The van der Waals surface area contributed by atoms with Crippen LogP contribution in [-0.4, -0.2) is 45.4 Å². The van der Waals surface area contributed by atoms with E-state index in [0.29, 0.717) is 42.5 Å². The van der Waals surface area contributed by atoms with Crippen LogP contribution in [0.3, 0.4) is 0 Å². The van der Waals surface area contributed by atoms with E-state index in [2.05, 4.69) is 10.3 Å². The fourth-order valence-corrected chi connectivity index (χ4v) is 3.64. The van der Waals surface area contributed by atoms with Crippen LogP contribution in [0.1, 0.15) is 23.2 Å². The number of hydrogen-bond acceptors (Lipinski definition) is 4. The summed E-state index contributed by atoms with van der Waals surface area (Å²) in [5.41, 5.74) is 1.68. The Hall–Kier alpha value is -3.48. The van der Waals surface area contributed by atoms with Crippen molar-refractivity contribution in [2.24, 2.45) is 0 Å². The van der Waals surface area contributed by atoms with Crippen LogP contribution in [0, 0.1) is 0 Å². The number of carbonyl (C=O) groups is 2. The Morgan fingerprint density at radius 1 is 1.00 bits per heavy atom. The predicted molar refractivity (Wildman–Crippen MR) is 110 cm³/mol. The maximum Gasteiger partial charge on any atom is 0.269 e. The Morgan fingerprint density at radius 2 is 1.69 bits per heavy atom. The molecule has 7 heteroatoms. The number of carbonyl (C=O) groups excluding carboxylic acids is 2. The molecule has 0 atom stereocenters. The van der Waals surface area contributed by atoms with Crippen LogP contribution in [0.15, 0.2) is 65.6 Å². The molecule has 0 unspecified atom stereocenters. The first-order valence-electron chi connectivity index (χ1n) is 9.70. The van der Waals surface area contributed by atoms with Gasteiger partial charge in [0.2, 0.25) is 5.91 Å². The molecule has 1 aliphatic rings. The molecule has 1 aromatic heterocycles. The summed E-state index contributed by atoms with van der Waals surface area (Å²) in [6, 6.07) is 16.4. The van der Waals surface area contributed by atoms with Gasteiger partial charge >= 0.3 is 0 Å². The third-order valence-electron chi connectivity index (χ3n) is 5.26. The highest BCUT2D eigenvalue weighted by Gasteiger charge is 2.24. The molecule has 1 N–H and O–H groups in total. The Morgan fingerprint density at radius 3 is 2.45 bits per heavy atom. The van der Waals surface area contributed by atoms with Crippen molar-refractivity contribution in [2.45, 2.75) is 25.4 Å². The Bertz CT molecular complexity index is 1090. The van der Waals surface area contributed by atoms with E-state index < -0.39 is 0 Å². The summed E-state index contributed by atoms with van der Waals surface area (Å²) in [6.07, 6.45) is 2.63. The molecule has 2 heterocycles. The monoisotopic (exact) mass is 390 g/mol. The summed E-state index contributed by atoms with van der Waals surface area (Å²) >= 11 is 0. The van der Waals surface area contributed by atoms with Crippen molar-refractivity contribution in [3.8, 4) is 0 Å². The molecule has 29 heavy (non-hydrogen) atoms. The SMILES string of the molecule is O=C(NC1CCN(C(=O)Cn2c(=O)cnc3ccccc32)CC1)c1ccccc1. The van der Waals surface area contributed by atoms with Crippen molar-refractivity contribution in [3.05, 3.63) is 76.7 Å². The van der Waals surface area contributed by atoms with Crippen molar-refractivity contribution in [2.75, 3.05) is 13.1 Å². The zero-order chi connectivity index (χ0) is 20.2. The van der Waals surface area contributed by atoms with Gasteiger partial charge in [0, 0.05) is 24.7 Å². The van der Waals surface area contributed by atoms with Gasteiger partial charge in [0.25, 0.3) is 11.5 Å². The van der Waals surface area contributed by atoms with Crippen LogP contribution in [0.2, 0.25) is 0 Å². The van der Waals surface area contributed by atoms with Gasteiger partial charge in [-0.05, 0) is 37.1 Å². The first-order chi connectivity index (χ1) is 14.1. The molecule has 3 aromatic rings. The fourth-order valence-electron chi connectivity index (χ4n) is 3.64. The molecule has 0 bridgehead atoms. The van der Waals surface area contributed by atoms with Gasteiger partial charge in [-0.3, -0.25) is 19.0 Å². The molecule has 0 aliphatic carbocycles. The topological polar surface area (TPSA) is 84.3 Å². The predicted octanol–water partition coefficient (Wildman–Crippen LogP) is 1.82. The molecule has 1 fully saturated rings. The van der Waals surface area contributed by atoms with Crippen molar-refractivity contribution in [1.29, 1.82) is 0 Å². The lowest BCUT2D eigenvalue weighted by molar-refractivity contribution is -0.132. The molecule has 0 spiro atoms. The lowest BCUT2D eigenvalue weighted by Gasteiger charge is -2.32. The number of para-hydroxylation sites is 2. The van der Waals surface area contributed by atoms with Gasteiger partial charge in [0.1, 0.15) is 6.54 Å². The second kappa shape index (κ2) is 8.26. The van der Waals surface area contributed by atoms with E-state index in [9.17, 15) is 14.4 Å². The maximum absolute atomic E-state index is 12.8. The van der Waals surface area contributed by atoms with Gasteiger partial charge in [0.05, 0.1) is 17.2 Å². The average Bonchev–Trinajstić information content (AvgIpc) is 2.77. The Labute approximate surface area is 168 Å².